The van der Waals surface area contributed by atoms with Gasteiger partial charge in [0.05, 0.1) is 0 Å². The summed E-state index contributed by atoms with van der Waals surface area (Å²) in [4.78, 5) is 16.2. The van der Waals surface area contributed by atoms with Gasteiger partial charge in [-0.15, -0.1) is 0 Å². The van der Waals surface area contributed by atoms with E-state index in [9.17, 15) is 4.79 Å². The number of carbonyl (C=O) groups excluding carboxylic acids is 1. The fraction of sp³-hybridized carbons (Fsp3) is 0.538. The first-order valence-corrected chi connectivity index (χ1v) is 6.17. The molecule has 1 aromatic heterocycles. The molecule has 17 heavy (non-hydrogen) atoms. The molecule has 0 radical (unpaired) electrons. The molecule has 2 unspecified atom stereocenters. The zero-order valence-electron chi connectivity index (χ0n) is 10.1. The van der Waals surface area contributed by atoms with Gasteiger partial charge in [0, 0.05) is 17.8 Å². The lowest BCUT2D eigenvalue weighted by atomic mass is 9.91. The second-order valence-corrected chi connectivity index (χ2v) is 4.69. The summed E-state index contributed by atoms with van der Waals surface area (Å²) in [5.74, 6) is -0.115. The van der Waals surface area contributed by atoms with Crippen LogP contribution in [0.15, 0.2) is 18.2 Å². The molecule has 4 nitrogen and oxygen atoms in total. The van der Waals surface area contributed by atoms with Crippen LogP contribution in [0.3, 0.4) is 0 Å². The first kappa shape index (κ1) is 12.0. The van der Waals surface area contributed by atoms with Crippen LogP contribution in [-0.4, -0.2) is 23.0 Å². The predicted molar refractivity (Wildman–Crippen MR) is 66.7 cm³/mol. The monoisotopic (exact) mass is 233 g/mol. The molecule has 2 atom stereocenters. The summed E-state index contributed by atoms with van der Waals surface area (Å²) >= 11 is 0. The Morgan fingerprint density at radius 2 is 2.18 bits per heavy atom. The molecule has 1 heterocycles. The van der Waals surface area contributed by atoms with Crippen molar-refractivity contribution < 1.29 is 4.79 Å². The fourth-order valence-corrected chi connectivity index (χ4v) is 2.25. The number of hydrogen-bond donors (Lipinski definition) is 2. The summed E-state index contributed by atoms with van der Waals surface area (Å²) in [6.07, 6.45) is 4.26. The van der Waals surface area contributed by atoms with Gasteiger partial charge in [0.15, 0.2) is 0 Å². The average molecular weight is 233 g/mol. The van der Waals surface area contributed by atoms with E-state index in [4.69, 9.17) is 5.73 Å². The molecule has 92 valence electrons. The summed E-state index contributed by atoms with van der Waals surface area (Å²) in [7, 11) is 0. The zero-order chi connectivity index (χ0) is 12.3. The van der Waals surface area contributed by atoms with Crippen LogP contribution < -0.4 is 11.1 Å². The number of nitrogens with two attached hydrogens (primary N) is 1. The molecule has 0 aliphatic heterocycles. The Kier molecular flexibility index (Phi) is 3.74. The number of amides is 1. The van der Waals surface area contributed by atoms with E-state index >= 15 is 0 Å². The van der Waals surface area contributed by atoms with Crippen LogP contribution >= 0.6 is 0 Å². The molecule has 1 aliphatic rings. The average Bonchev–Trinajstić information content (AvgIpc) is 2.32. The van der Waals surface area contributed by atoms with Crippen LogP contribution in [0.4, 0.5) is 0 Å². The Bertz CT molecular complexity index is 405. The van der Waals surface area contributed by atoms with E-state index in [-0.39, 0.29) is 18.0 Å². The Morgan fingerprint density at radius 3 is 2.88 bits per heavy atom. The highest BCUT2D eigenvalue weighted by atomic mass is 16.1. The molecule has 1 amide bonds. The highest BCUT2D eigenvalue weighted by Crippen LogP contribution is 2.17. The molecule has 0 aromatic carbocycles. The lowest BCUT2D eigenvalue weighted by Gasteiger charge is -2.29. The third-order valence-corrected chi connectivity index (χ3v) is 3.26. The van der Waals surface area contributed by atoms with Crippen LogP contribution in [0.2, 0.25) is 0 Å². The lowest BCUT2D eigenvalue weighted by molar-refractivity contribution is 0.0916. The first-order chi connectivity index (χ1) is 8.16. The number of hydrogen-bond acceptors (Lipinski definition) is 3. The zero-order valence-corrected chi connectivity index (χ0v) is 10.1. The molecule has 0 spiro atoms. The molecule has 0 bridgehead atoms. The van der Waals surface area contributed by atoms with Crippen molar-refractivity contribution in [3.05, 3.63) is 29.6 Å². The van der Waals surface area contributed by atoms with Gasteiger partial charge in [0.25, 0.3) is 5.91 Å². The number of nitrogens with zero attached hydrogens (tertiary/aromatic N) is 1. The van der Waals surface area contributed by atoms with Gasteiger partial charge >= 0.3 is 0 Å². The van der Waals surface area contributed by atoms with Gasteiger partial charge in [-0.25, -0.2) is 4.98 Å². The SMILES string of the molecule is Cc1cccc(C(=O)NC2CCCCC2N)n1. The minimum Gasteiger partial charge on any atom is -0.346 e. The lowest BCUT2D eigenvalue weighted by Crippen LogP contribution is -2.49. The maximum Gasteiger partial charge on any atom is 0.270 e. The van der Waals surface area contributed by atoms with Crippen molar-refractivity contribution in [2.75, 3.05) is 0 Å². The highest BCUT2D eigenvalue weighted by molar-refractivity contribution is 5.92. The van der Waals surface area contributed by atoms with E-state index in [0.717, 1.165) is 31.4 Å². The van der Waals surface area contributed by atoms with Gasteiger partial charge in [-0.3, -0.25) is 4.79 Å². The van der Waals surface area contributed by atoms with Crippen molar-refractivity contribution in [3.8, 4) is 0 Å². The molecule has 1 saturated carbocycles. The van der Waals surface area contributed by atoms with E-state index in [1.807, 2.05) is 19.1 Å². The van der Waals surface area contributed by atoms with E-state index in [1.165, 1.54) is 0 Å². The Morgan fingerprint density at radius 1 is 1.41 bits per heavy atom. The van der Waals surface area contributed by atoms with E-state index < -0.39 is 0 Å². The second kappa shape index (κ2) is 5.27. The van der Waals surface area contributed by atoms with Gasteiger partial charge in [-0.05, 0) is 31.9 Å². The summed E-state index contributed by atoms with van der Waals surface area (Å²) < 4.78 is 0. The molecular weight excluding hydrogens is 214 g/mol. The number of pyridine rings is 1. The van der Waals surface area contributed by atoms with Crippen molar-refractivity contribution in [1.29, 1.82) is 0 Å². The maximum absolute atomic E-state index is 12.0. The number of carbonyl (C=O) groups is 1. The normalized spacial score (nSPS) is 24.4. The smallest absolute Gasteiger partial charge is 0.270 e. The van der Waals surface area contributed by atoms with Crippen LogP contribution in [0.25, 0.3) is 0 Å². The van der Waals surface area contributed by atoms with Crippen LogP contribution in [0, 0.1) is 6.92 Å². The number of nitrogens with one attached hydrogen (secondary N) is 1. The molecule has 1 aromatic rings. The Hall–Kier alpha value is -1.42. The van der Waals surface area contributed by atoms with Gasteiger partial charge in [0.1, 0.15) is 5.69 Å². The topological polar surface area (TPSA) is 68.0 Å². The van der Waals surface area contributed by atoms with E-state index in [2.05, 4.69) is 10.3 Å². The first-order valence-electron chi connectivity index (χ1n) is 6.17. The highest BCUT2D eigenvalue weighted by Gasteiger charge is 2.23. The third-order valence-electron chi connectivity index (χ3n) is 3.26. The number of rotatable bonds is 2. The molecule has 1 aliphatic carbocycles. The van der Waals surface area contributed by atoms with Crippen molar-refractivity contribution >= 4 is 5.91 Å². The minimum absolute atomic E-state index is 0.0810. The van der Waals surface area contributed by atoms with Gasteiger partial charge in [0.2, 0.25) is 0 Å². The third kappa shape index (κ3) is 3.03. The van der Waals surface area contributed by atoms with Gasteiger partial charge < -0.3 is 11.1 Å². The van der Waals surface area contributed by atoms with Crippen molar-refractivity contribution in [1.82, 2.24) is 10.3 Å². The molecule has 4 heteroatoms. The van der Waals surface area contributed by atoms with Crippen LogP contribution in [-0.2, 0) is 0 Å². The molecule has 2 rings (SSSR count). The molecule has 3 N–H and O–H groups in total. The van der Waals surface area contributed by atoms with E-state index in [0.29, 0.717) is 5.69 Å². The minimum atomic E-state index is -0.115. The summed E-state index contributed by atoms with van der Waals surface area (Å²) in [5, 5.41) is 2.99. The summed E-state index contributed by atoms with van der Waals surface area (Å²) in [6.45, 7) is 1.88. The van der Waals surface area contributed by atoms with Crippen LogP contribution in [0.5, 0.6) is 0 Å². The van der Waals surface area contributed by atoms with Crippen molar-refractivity contribution in [2.24, 2.45) is 5.73 Å². The van der Waals surface area contributed by atoms with Gasteiger partial charge in [-0.1, -0.05) is 18.9 Å². The largest absolute Gasteiger partial charge is 0.346 e. The molecular formula is C13H19N3O. The Balaban J connectivity index is 2.01. The van der Waals surface area contributed by atoms with Crippen molar-refractivity contribution in [2.45, 2.75) is 44.7 Å². The number of aromatic nitrogens is 1. The quantitative estimate of drug-likeness (QED) is 0.811. The van der Waals surface area contributed by atoms with Crippen LogP contribution in [0.1, 0.15) is 41.9 Å². The van der Waals surface area contributed by atoms with Crippen molar-refractivity contribution in [3.63, 3.8) is 0 Å². The Labute approximate surface area is 102 Å². The summed E-state index contributed by atoms with van der Waals surface area (Å²) in [6, 6.07) is 5.63. The predicted octanol–water partition coefficient (Wildman–Crippen LogP) is 1.39. The molecule has 1 fully saturated rings. The summed E-state index contributed by atoms with van der Waals surface area (Å²) in [5.41, 5.74) is 7.33. The second-order valence-electron chi connectivity index (χ2n) is 4.69. The van der Waals surface area contributed by atoms with Gasteiger partial charge in [-0.2, -0.15) is 0 Å². The maximum atomic E-state index is 12.0. The number of aryl methyl sites for hydroxylation is 1. The fourth-order valence-electron chi connectivity index (χ4n) is 2.25. The standard InChI is InChI=1S/C13H19N3O/c1-9-5-4-8-12(15-9)13(17)16-11-7-3-2-6-10(11)14/h4-5,8,10-11H,2-3,6-7,14H2,1H3,(H,16,17). The molecule has 0 saturated heterocycles. The van der Waals surface area contributed by atoms with E-state index in [1.54, 1.807) is 6.07 Å².